The maximum atomic E-state index is 12.0. The fourth-order valence-corrected chi connectivity index (χ4v) is 1.78. The summed E-state index contributed by atoms with van der Waals surface area (Å²) in [6.45, 7) is 9.41. The third kappa shape index (κ3) is 6.38. The molecule has 0 radical (unpaired) electrons. The molecule has 110 valence electrons. The zero-order valence-electron chi connectivity index (χ0n) is 12.1. The molecule has 0 heterocycles. The Hall–Kier alpha value is -1.36. The quantitative estimate of drug-likeness (QED) is 0.471. The number of nitrogens with one attached hydrogen (secondary N) is 1. The summed E-state index contributed by atoms with van der Waals surface area (Å²) in [6.07, 6.45) is 2.87. The number of aliphatic carboxylic acids is 1. The van der Waals surface area contributed by atoms with Crippen molar-refractivity contribution >= 4 is 11.9 Å². The molecule has 0 saturated heterocycles. The lowest BCUT2D eigenvalue weighted by Gasteiger charge is -2.32. The molecule has 19 heavy (non-hydrogen) atoms. The zero-order chi connectivity index (χ0) is 14.9. The van der Waals surface area contributed by atoms with Gasteiger partial charge in [0.05, 0.1) is 18.6 Å². The van der Waals surface area contributed by atoms with Crippen LogP contribution >= 0.6 is 0 Å². The second kappa shape index (κ2) is 8.69. The molecular formula is C14H25NO4. The van der Waals surface area contributed by atoms with Crippen molar-refractivity contribution in [2.75, 3.05) is 6.61 Å². The first kappa shape index (κ1) is 17.6. The summed E-state index contributed by atoms with van der Waals surface area (Å²) in [7, 11) is 0. The number of carbonyl (C=O) groups excluding carboxylic acids is 1. The number of hydrogen-bond donors (Lipinski definition) is 2. The lowest BCUT2D eigenvalue weighted by molar-refractivity contribution is -0.140. The molecular weight excluding hydrogens is 246 g/mol. The molecule has 0 aromatic rings. The van der Waals surface area contributed by atoms with Crippen molar-refractivity contribution in [1.82, 2.24) is 5.32 Å². The SMILES string of the molecule is C=CCCOC(C)C(=O)NC(CC)(CC)CC(=O)O. The topological polar surface area (TPSA) is 75.6 Å². The van der Waals surface area contributed by atoms with Crippen LogP contribution in [-0.4, -0.2) is 35.2 Å². The number of carboxylic acid groups (broad SMARTS) is 1. The molecule has 0 aromatic carbocycles. The van der Waals surface area contributed by atoms with Crippen LogP contribution in [0.15, 0.2) is 12.7 Å². The Morgan fingerprint density at radius 3 is 2.42 bits per heavy atom. The Labute approximate surface area is 115 Å². The van der Waals surface area contributed by atoms with Gasteiger partial charge in [-0.25, -0.2) is 0 Å². The van der Waals surface area contributed by atoms with Crippen molar-refractivity contribution < 1.29 is 19.4 Å². The highest BCUT2D eigenvalue weighted by Gasteiger charge is 2.32. The van der Waals surface area contributed by atoms with Crippen LogP contribution in [0.5, 0.6) is 0 Å². The van der Waals surface area contributed by atoms with E-state index >= 15 is 0 Å². The molecule has 2 N–H and O–H groups in total. The summed E-state index contributed by atoms with van der Waals surface area (Å²) in [5.74, 6) is -1.18. The third-order valence-electron chi connectivity index (χ3n) is 3.29. The summed E-state index contributed by atoms with van der Waals surface area (Å²) in [4.78, 5) is 22.9. The van der Waals surface area contributed by atoms with E-state index in [1.165, 1.54) is 0 Å². The van der Waals surface area contributed by atoms with E-state index in [2.05, 4.69) is 11.9 Å². The summed E-state index contributed by atoms with van der Waals surface area (Å²) in [5, 5.41) is 11.8. The van der Waals surface area contributed by atoms with E-state index in [4.69, 9.17) is 9.84 Å². The van der Waals surface area contributed by atoms with E-state index in [1.807, 2.05) is 13.8 Å². The molecule has 0 bridgehead atoms. The van der Waals surface area contributed by atoms with Crippen LogP contribution in [0.25, 0.3) is 0 Å². The maximum Gasteiger partial charge on any atom is 0.305 e. The van der Waals surface area contributed by atoms with Crippen molar-refractivity contribution in [2.24, 2.45) is 0 Å². The molecule has 0 aliphatic carbocycles. The highest BCUT2D eigenvalue weighted by Crippen LogP contribution is 2.20. The normalized spacial score (nSPS) is 12.8. The van der Waals surface area contributed by atoms with Gasteiger partial charge in [-0.15, -0.1) is 6.58 Å². The van der Waals surface area contributed by atoms with E-state index < -0.39 is 17.6 Å². The molecule has 0 spiro atoms. The number of ether oxygens (including phenoxy) is 1. The summed E-state index contributed by atoms with van der Waals surface area (Å²) in [6, 6.07) is 0. The van der Waals surface area contributed by atoms with Gasteiger partial charge in [0.15, 0.2) is 0 Å². The predicted molar refractivity (Wildman–Crippen MR) is 73.9 cm³/mol. The minimum atomic E-state index is -0.913. The fraction of sp³-hybridized carbons (Fsp3) is 0.714. The van der Waals surface area contributed by atoms with Crippen molar-refractivity contribution in [3.8, 4) is 0 Å². The minimum absolute atomic E-state index is 0.0783. The van der Waals surface area contributed by atoms with Gasteiger partial charge in [0.2, 0.25) is 5.91 Å². The Balaban J connectivity index is 4.53. The molecule has 0 fully saturated rings. The number of rotatable bonds is 10. The number of hydrogen-bond acceptors (Lipinski definition) is 3. The molecule has 1 amide bonds. The van der Waals surface area contributed by atoms with Crippen LogP contribution in [0.4, 0.5) is 0 Å². The average Bonchev–Trinajstić information content (AvgIpc) is 2.37. The lowest BCUT2D eigenvalue weighted by atomic mass is 9.88. The van der Waals surface area contributed by atoms with Gasteiger partial charge >= 0.3 is 5.97 Å². The van der Waals surface area contributed by atoms with Crippen molar-refractivity contribution in [2.45, 2.75) is 58.1 Å². The molecule has 0 aliphatic rings. The molecule has 0 saturated carbocycles. The maximum absolute atomic E-state index is 12.0. The molecule has 5 heteroatoms. The van der Waals surface area contributed by atoms with Crippen molar-refractivity contribution in [1.29, 1.82) is 0 Å². The molecule has 0 aliphatic heterocycles. The van der Waals surface area contributed by atoms with Crippen LogP contribution in [0.1, 0.15) is 46.5 Å². The smallest absolute Gasteiger partial charge is 0.305 e. The summed E-state index contributed by atoms with van der Waals surface area (Å²) < 4.78 is 5.35. The van der Waals surface area contributed by atoms with Crippen LogP contribution in [0.2, 0.25) is 0 Å². The average molecular weight is 271 g/mol. The summed E-state index contributed by atoms with van der Waals surface area (Å²) >= 11 is 0. The first-order valence-corrected chi connectivity index (χ1v) is 6.67. The Morgan fingerprint density at radius 2 is 2.00 bits per heavy atom. The van der Waals surface area contributed by atoms with Crippen LogP contribution in [0.3, 0.4) is 0 Å². The van der Waals surface area contributed by atoms with Gasteiger partial charge in [-0.2, -0.15) is 0 Å². The van der Waals surface area contributed by atoms with E-state index in [9.17, 15) is 9.59 Å². The van der Waals surface area contributed by atoms with Gasteiger partial charge < -0.3 is 15.2 Å². The van der Waals surface area contributed by atoms with Crippen LogP contribution in [0, 0.1) is 0 Å². The molecule has 1 unspecified atom stereocenters. The van der Waals surface area contributed by atoms with Crippen molar-refractivity contribution in [3.05, 3.63) is 12.7 Å². The monoisotopic (exact) mass is 271 g/mol. The van der Waals surface area contributed by atoms with Gasteiger partial charge in [0.1, 0.15) is 6.10 Å². The van der Waals surface area contributed by atoms with E-state index in [1.54, 1.807) is 13.0 Å². The largest absolute Gasteiger partial charge is 0.481 e. The van der Waals surface area contributed by atoms with Crippen LogP contribution < -0.4 is 5.32 Å². The standard InChI is InChI=1S/C14H25NO4/c1-5-8-9-19-11(4)13(18)15-14(6-2,7-3)10-12(16)17/h5,11H,1,6-10H2,2-4H3,(H,15,18)(H,16,17). The van der Waals surface area contributed by atoms with Crippen LogP contribution in [-0.2, 0) is 14.3 Å². The second-order valence-corrected chi connectivity index (χ2v) is 4.64. The van der Waals surface area contributed by atoms with E-state index in [0.29, 0.717) is 25.9 Å². The predicted octanol–water partition coefficient (Wildman–Crippen LogP) is 2.12. The summed E-state index contributed by atoms with van der Waals surface area (Å²) in [5.41, 5.74) is -0.695. The van der Waals surface area contributed by atoms with Gasteiger partial charge in [-0.3, -0.25) is 9.59 Å². The highest BCUT2D eigenvalue weighted by molar-refractivity contribution is 5.82. The fourth-order valence-electron chi connectivity index (χ4n) is 1.78. The molecule has 5 nitrogen and oxygen atoms in total. The third-order valence-corrected chi connectivity index (χ3v) is 3.29. The first-order chi connectivity index (χ1) is 8.90. The lowest BCUT2D eigenvalue weighted by Crippen LogP contribution is -2.52. The molecule has 0 rings (SSSR count). The Bertz CT molecular complexity index is 311. The van der Waals surface area contributed by atoms with Gasteiger partial charge in [-0.1, -0.05) is 19.9 Å². The highest BCUT2D eigenvalue weighted by atomic mass is 16.5. The van der Waals surface area contributed by atoms with Gasteiger partial charge in [-0.05, 0) is 26.2 Å². The van der Waals surface area contributed by atoms with E-state index in [-0.39, 0.29) is 12.3 Å². The first-order valence-electron chi connectivity index (χ1n) is 6.67. The van der Waals surface area contributed by atoms with E-state index in [0.717, 1.165) is 0 Å². The molecule has 1 atom stereocenters. The number of carbonyl (C=O) groups is 2. The number of carboxylic acids is 1. The van der Waals surface area contributed by atoms with Gasteiger partial charge in [0, 0.05) is 0 Å². The minimum Gasteiger partial charge on any atom is -0.481 e. The Kier molecular flexibility index (Phi) is 8.07. The second-order valence-electron chi connectivity index (χ2n) is 4.64. The van der Waals surface area contributed by atoms with Crippen molar-refractivity contribution in [3.63, 3.8) is 0 Å². The number of amides is 1. The van der Waals surface area contributed by atoms with Gasteiger partial charge in [0.25, 0.3) is 0 Å². The zero-order valence-corrected chi connectivity index (χ0v) is 12.1. The molecule has 0 aromatic heterocycles. The Morgan fingerprint density at radius 1 is 1.42 bits per heavy atom.